The summed E-state index contributed by atoms with van der Waals surface area (Å²) in [6, 6.07) is 7.59. The van der Waals surface area contributed by atoms with Gasteiger partial charge in [0, 0.05) is 16.5 Å². The van der Waals surface area contributed by atoms with Crippen LogP contribution >= 0.6 is 0 Å². The molecule has 1 aromatic carbocycles. The van der Waals surface area contributed by atoms with Crippen molar-refractivity contribution in [3.8, 4) is 16.8 Å². The van der Waals surface area contributed by atoms with Crippen LogP contribution in [0.15, 0.2) is 58.1 Å². The number of pyridine rings is 1. The first-order chi connectivity index (χ1) is 13.7. The molecule has 0 saturated carbocycles. The fraction of sp³-hybridized carbons (Fsp3) is 0.100. The van der Waals surface area contributed by atoms with Gasteiger partial charge in [-0.3, -0.25) is 9.36 Å². The van der Waals surface area contributed by atoms with E-state index in [-0.39, 0.29) is 22.3 Å². The van der Waals surface area contributed by atoms with Gasteiger partial charge in [-0.15, -0.1) is 0 Å². The van der Waals surface area contributed by atoms with Gasteiger partial charge in [0.2, 0.25) is 0 Å². The second kappa shape index (κ2) is 6.40. The van der Waals surface area contributed by atoms with Gasteiger partial charge in [-0.2, -0.15) is 13.2 Å². The highest BCUT2D eigenvalue weighted by atomic mass is 19.4. The van der Waals surface area contributed by atoms with Crippen molar-refractivity contribution in [2.24, 2.45) is 0 Å². The molecular formula is C20H13F3N2O4. The summed E-state index contributed by atoms with van der Waals surface area (Å²) in [7, 11) is 1.09. The van der Waals surface area contributed by atoms with Crippen LogP contribution in [0.25, 0.3) is 27.7 Å². The predicted octanol–water partition coefficient (Wildman–Crippen LogP) is 4.08. The highest BCUT2D eigenvalue weighted by molar-refractivity contribution is 6.05. The number of anilines is 1. The summed E-state index contributed by atoms with van der Waals surface area (Å²) >= 11 is 0. The topological polar surface area (TPSA) is 87.5 Å². The SMILES string of the molecule is COC(=O)c1c(N)c2ccc(C(F)(F)F)cc2n(-c2ccc3coccc2-3)c1=O. The zero-order valence-electron chi connectivity index (χ0n) is 14.9. The number of alkyl halides is 3. The Labute approximate surface area is 161 Å². The van der Waals surface area contributed by atoms with Gasteiger partial charge in [0.1, 0.15) is 5.56 Å². The summed E-state index contributed by atoms with van der Waals surface area (Å²) in [5.41, 5.74) is 4.85. The Hall–Kier alpha value is -3.75. The van der Waals surface area contributed by atoms with E-state index < -0.39 is 28.8 Å². The normalized spacial score (nSPS) is 11.9. The average molecular weight is 402 g/mol. The molecule has 1 aromatic heterocycles. The quantitative estimate of drug-likeness (QED) is 0.511. The molecule has 0 amide bonds. The number of hydrogen-bond donors (Lipinski definition) is 1. The van der Waals surface area contributed by atoms with E-state index in [2.05, 4.69) is 4.74 Å². The Morgan fingerprint density at radius 3 is 2.62 bits per heavy atom. The van der Waals surface area contributed by atoms with Crippen LogP contribution in [0, 0.1) is 0 Å². The molecule has 2 aliphatic rings. The fourth-order valence-corrected chi connectivity index (χ4v) is 3.33. The average Bonchev–Trinajstić information content (AvgIpc) is 3.11. The number of ether oxygens (including phenoxy) is 1. The minimum Gasteiger partial charge on any atom is -0.472 e. The molecule has 9 heteroatoms. The number of rotatable bonds is 2. The molecule has 0 radical (unpaired) electrons. The summed E-state index contributed by atoms with van der Waals surface area (Å²) in [4.78, 5) is 25.4. The van der Waals surface area contributed by atoms with Gasteiger partial charge in [0.15, 0.2) is 0 Å². The minimum absolute atomic E-state index is 0.0803. The first-order valence-corrected chi connectivity index (χ1v) is 8.33. The number of nitrogens with two attached hydrogens (primary N) is 1. The van der Waals surface area contributed by atoms with Crippen LogP contribution in [-0.2, 0) is 10.9 Å². The van der Waals surface area contributed by atoms with E-state index in [0.29, 0.717) is 11.1 Å². The van der Waals surface area contributed by atoms with Crippen LogP contribution in [0.2, 0.25) is 0 Å². The number of esters is 1. The Bertz CT molecular complexity index is 1290. The molecule has 2 N–H and O–H groups in total. The van der Waals surface area contributed by atoms with Crippen LogP contribution in [-0.4, -0.2) is 17.6 Å². The Balaban J connectivity index is 2.18. The summed E-state index contributed by atoms with van der Waals surface area (Å²) in [5.74, 6) is -0.978. The lowest BCUT2D eigenvalue weighted by atomic mass is 10.0. The van der Waals surface area contributed by atoms with Crippen LogP contribution < -0.4 is 11.3 Å². The van der Waals surface area contributed by atoms with Gasteiger partial charge in [0.05, 0.1) is 42.1 Å². The Kier molecular flexibility index (Phi) is 4.11. The van der Waals surface area contributed by atoms with E-state index in [1.165, 1.54) is 12.5 Å². The van der Waals surface area contributed by atoms with Crippen LogP contribution in [0.3, 0.4) is 0 Å². The molecular weight excluding hydrogens is 389 g/mol. The van der Waals surface area contributed by atoms with Crippen LogP contribution in [0.5, 0.6) is 0 Å². The van der Waals surface area contributed by atoms with Crippen molar-refractivity contribution in [1.82, 2.24) is 4.57 Å². The first kappa shape index (κ1) is 18.6. The highest BCUT2D eigenvalue weighted by Gasteiger charge is 2.32. The lowest BCUT2D eigenvalue weighted by Crippen LogP contribution is -2.28. The second-order valence-corrected chi connectivity index (χ2v) is 6.29. The van der Waals surface area contributed by atoms with E-state index >= 15 is 0 Å². The number of benzene rings is 1. The van der Waals surface area contributed by atoms with Crippen molar-refractivity contribution in [2.75, 3.05) is 12.8 Å². The molecule has 2 aromatic rings. The van der Waals surface area contributed by atoms with E-state index in [0.717, 1.165) is 29.9 Å². The fourth-order valence-electron chi connectivity index (χ4n) is 3.33. The number of nitrogens with zero attached hydrogens (tertiary/aromatic N) is 1. The van der Waals surface area contributed by atoms with Gasteiger partial charge in [-0.25, -0.2) is 4.79 Å². The predicted molar refractivity (Wildman–Crippen MR) is 99.2 cm³/mol. The molecule has 0 bridgehead atoms. The third kappa shape index (κ3) is 2.82. The van der Waals surface area contributed by atoms with Crippen molar-refractivity contribution in [1.29, 1.82) is 0 Å². The summed E-state index contributed by atoms with van der Waals surface area (Å²) < 4.78 is 50.7. The smallest absolute Gasteiger partial charge is 0.416 e. The van der Waals surface area contributed by atoms with Crippen LogP contribution in [0.1, 0.15) is 15.9 Å². The van der Waals surface area contributed by atoms with Gasteiger partial charge in [-0.1, -0.05) is 6.07 Å². The number of nitrogen functional groups attached to an aromatic ring is 1. The second-order valence-electron chi connectivity index (χ2n) is 6.29. The molecule has 0 spiro atoms. The lowest BCUT2D eigenvalue weighted by molar-refractivity contribution is -0.137. The minimum atomic E-state index is -4.63. The largest absolute Gasteiger partial charge is 0.472 e. The zero-order valence-corrected chi connectivity index (χ0v) is 14.9. The maximum atomic E-state index is 13.3. The van der Waals surface area contributed by atoms with Gasteiger partial charge in [-0.05, 0) is 30.3 Å². The highest BCUT2D eigenvalue weighted by Crippen LogP contribution is 2.36. The molecule has 4 rings (SSSR count). The molecule has 0 saturated heterocycles. The standard InChI is InChI=1S/C20H13F3N2O4/c1-28-19(27)16-17(24)13-4-3-11(20(21,22)23)8-15(13)25(18(16)26)14-5-2-10-9-29-7-6-12(10)14/h2-9H,24H2,1H3. The summed E-state index contributed by atoms with van der Waals surface area (Å²) in [5, 5.41) is 0.118. The Morgan fingerprint density at radius 2 is 1.93 bits per heavy atom. The third-order valence-electron chi connectivity index (χ3n) is 4.69. The van der Waals surface area contributed by atoms with Gasteiger partial charge < -0.3 is 14.9 Å². The number of carbonyl (C=O) groups excluding carboxylic acids is 1. The maximum absolute atomic E-state index is 13.3. The van der Waals surface area contributed by atoms with E-state index in [1.807, 2.05) is 0 Å². The van der Waals surface area contributed by atoms with E-state index in [1.54, 1.807) is 18.2 Å². The number of aromatic nitrogens is 1. The third-order valence-corrected chi connectivity index (χ3v) is 4.69. The van der Waals surface area contributed by atoms with Crippen molar-refractivity contribution < 1.29 is 27.1 Å². The first-order valence-electron chi connectivity index (χ1n) is 8.33. The zero-order chi connectivity index (χ0) is 20.9. The molecule has 1 aliphatic carbocycles. The summed E-state index contributed by atoms with van der Waals surface area (Å²) in [6.07, 6.45) is -1.82. The molecule has 29 heavy (non-hydrogen) atoms. The number of fused-ring (bicyclic) bond motifs is 2. The molecule has 2 heterocycles. The lowest BCUT2D eigenvalue weighted by Gasteiger charge is -2.17. The number of carbonyl (C=O) groups is 1. The summed E-state index contributed by atoms with van der Waals surface area (Å²) in [6.45, 7) is 0. The molecule has 6 nitrogen and oxygen atoms in total. The molecule has 0 atom stereocenters. The van der Waals surface area contributed by atoms with Crippen molar-refractivity contribution >= 4 is 22.6 Å². The van der Waals surface area contributed by atoms with Crippen molar-refractivity contribution in [3.63, 3.8) is 0 Å². The molecule has 0 fully saturated rings. The van der Waals surface area contributed by atoms with Crippen molar-refractivity contribution in [2.45, 2.75) is 6.18 Å². The van der Waals surface area contributed by atoms with Crippen LogP contribution in [0.4, 0.5) is 18.9 Å². The van der Waals surface area contributed by atoms with E-state index in [9.17, 15) is 22.8 Å². The molecule has 148 valence electrons. The maximum Gasteiger partial charge on any atom is 0.416 e. The number of methoxy groups -OCH3 is 1. The number of halogens is 3. The van der Waals surface area contributed by atoms with E-state index in [4.69, 9.17) is 10.2 Å². The van der Waals surface area contributed by atoms with Gasteiger partial charge in [0.25, 0.3) is 5.56 Å². The van der Waals surface area contributed by atoms with Crippen molar-refractivity contribution in [3.05, 3.63) is 70.4 Å². The molecule has 0 unspecified atom stereocenters. The molecule has 1 aliphatic heterocycles. The Morgan fingerprint density at radius 1 is 1.17 bits per heavy atom. The number of hydrogen-bond acceptors (Lipinski definition) is 5. The monoisotopic (exact) mass is 402 g/mol. The van der Waals surface area contributed by atoms with Gasteiger partial charge >= 0.3 is 12.1 Å².